The average Bonchev–Trinajstić information content (AvgIpc) is 2.59. The van der Waals surface area contributed by atoms with Crippen LogP contribution in [0.1, 0.15) is 28.4 Å². The molecule has 0 saturated heterocycles. The van der Waals surface area contributed by atoms with E-state index in [9.17, 15) is 22.8 Å². The van der Waals surface area contributed by atoms with Gasteiger partial charge in [0.05, 0.1) is 10.6 Å². The van der Waals surface area contributed by atoms with Crippen LogP contribution >= 0.6 is 11.6 Å². The Morgan fingerprint density at radius 2 is 1.93 bits per heavy atom. The van der Waals surface area contributed by atoms with Crippen LogP contribution in [0.15, 0.2) is 42.5 Å². The quantitative estimate of drug-likeness (QED) is 0.762. The topological polar surface area (TPSA) is 75.6 Å². The molecule has 0 bridgehead atoms. The number of rotatable bonds is 6. The number of carbonyl (C=O) groups excluding carboxylic acids is 1. The van der Waals surface area contributed by atoms with Gasteiger partial charge < -0.3 is 15.2 Å². The number of amides is 1. The minimum absolute atomic E-state index is 0.0410. The highest BCUT2D eigenvalue weighted by Gasteiger charge is 2.31. The molecule has 0 spiro atoms. The van der Waals surface area contributed by atoms with E-state index in [-0.39, 0.29) is 22.9 Å². The highest BCUT2D eigenvalue weighted by Crippen LogP contribution is 2.34. The van der Waals surface area contributed by atoms with Gasteiger partial charge in [-0.15, -0.1) is 0 Å². The van der Waals surface area contributed by atoms with E-state index in [0.717, 1.165) is 18.2 Å². The summed E-state index contributed by atoms with van der Waals surface area (Å²) in [5, 5.41) is 11.0. The maximum atomic E-state index is 12.6. The van der Waals surface area contributed by atoms with Gasteiger partial charge in [-0.1, -0.05) is 23.7 Å². The van der Waals surface area contributed by atoms with Crippen LogP contribution in [0.2, 0.25) is 5.02 Å². The van der Waals surface area contributed by atoms with Gasteiger partial charge in [-0.3, -0.25) is 9.59 Å². The van der Waals surface area contributed by atoms with Gasteiger partial charge in [-0.05, 0) is 42.8 Å². The van der Waals surface area contributed by atoms with Crippen molar-refractivity contribution in [2.24, 2.45) is 0 Å². The number of halogens is 4. The molecule has 5 nitrogen and oxygen atoms in total. The summed E-state index contributed by atoms with van der Waals surface area (Å²) in [5.74, 6) is -1.67. The summed E-state index contributed by atoms with van der Waals surface area (Å²) in [6.07, 6.45) is -4.50. The van der Waals surface area contributed by atoms with Gasteiger partial charge >= 0.3 is 12.1 Å². The van der Waals surface area contributed by atoms with Crippen molar-refractivity contribution in [3.63, 3.8) is 0 Å². The summed E-state index contributed by atoms with van der Waals surface area (Å²) in [6, 6.07) is 7.91. The Morgan fingerprint density at radius 3 is 2.52 bits per heavy atom. The number of alkyl halides is 3. The smallest absolute Gasteiger partial charge is 0.416 e. The first-order valence-electron chi connectivity index (χ1n) is 7.70. The van der Waals surface area contributed by atoms with E-state index in [1.165, 1.54) is 19.1 Å². The number of carboxylic acids is 1. The number of ether oxygens (including phenoxy) is 1. The van der Waals surface area contributed by atoms with E-state index >= 15 is 0 Å². The van der Waals surface area contributed by atoms with Gasteiger partial charge in [-0.2, -0.15) is 13.2 Å². The van der Waals surface area contributed by atoms with Crippen LogP contribution < -0.4 is 10.1 Å². The molecule has 1 atom stereocenters. The minimum Gasteiger partial charge on any atom is -0.487 e. The van der Waals surface area contributed by atoms with E-state index in [4.69, 9.17) is 21.4 Å². The van der Waals surface area contributed by atoms with Gasteiger partial charge in [0.25, 0.3) is 5.91 Å². The van der Waals surface area contributed by atoms with Crippen molar-refractivity contribution in [3.8, 4) is 5.75 Å². The Morgan fingerprint density at radius 1 is 1.22 bits per heavy atom. The molecule has 0 aliphatic heterocycles. The molecule has 2 N–H and O–H groups in total. The number of carboxylic acid groups (broad SMARTS) is 1. The summed E-state index contributed by atoms with van der Waals surface area (Å²) < 4.78 is 43.3. The predicted octanol–water partition coefficient (Wildman–Crippen LogP) is 4.14. The van der Waals surface area contributed by atoms with Crippen molar-refractivity contribution in [2.45, 2.75) is 25.7 Å². The lowest BCUT2D eigenvalue weighted by molar-refractivity contribution is -0.139. The molecule has 2 rings (SSSR count). The Bertz CT molecular complexity index is 855. The number of aliphatic carboxylic acids is 1. The maximum absolute atomic E-state index is 12.6. The summed E-state index contributed by atoms with van der Waals surface area (Å²) in [4.78, 5) is 22.8. The van der Waals surface area contributed by atoms with Crippen molar-refractivity contribution in [2.75, 3.05) is 0 Å². The molecule has 0 unspecified atom stereocenters. The standard InChI is InChI=1S/C18H15ClF3NO4/c1-10(17(25)26)23-16(24)12-4-2-3-11(7-12)9-27-15-6-5-13(8-14(15)19)18(20,21)22/h2-8,10H,9H2,1H3,(H,23,24)(H,25,26)/t10-/m1/s1. The van der Waals surface area contributed by atoms with Crippen molar-refractivity contribution < 1.29 is 32.6 Å². The lowest BCUT2D eigenvalue weighted by Crippen LogP contribution is -2.38. The van der Waals surface area contributed by atoms with Gasteiger partial charge in [0, 0.05) is 5.56 Å². The molecule has 0 fully saturated rings. The lowest BCUT2D eigenvalue weighted by atomic mass is 10.1. The molecule has 2 aromatic rings. The second-order valence-electron chi connectivity index (χ2n) is 5.67. The molecule has 27 heavy (non-hydrogen) atoms. The molecule has 0 radical (unpaired) electrons. The predicted molar refractivity (Wildman–Crippen MR) is 91.8 cm³/mol. The fraction of sp³-hybridized carbons (Fsp3) is 0.222. The SMILES string of the molecule is C[C@@H](NC(=O)c1cccc(COc2ccc(C(F)(F)F)cc2Cl)c1)C(=O)O. The zero-order valence-corrected chi connectivity index (χ0v) is 14.8. The fourth-order valence-corrected chi connectivity index (χ4v) is 2.33. The molecular weight excluding hydrogens is 387 g/mol. The number of hydrogen-bond acceptors (Lipinski definition) is 3. The highest BCUT2D eigenvalue weighted by molar-refractivity contribution is 6.32. The van der Waals surface area contributed by atoms with Crippen LogP contribution in [-0.4, -0.2) is 23.0 Å². The van der Waals surface area contributed by atoms with E-state index in [2.05, 4.69) is 5.32 Å². The van der Waals surface area contributed by atoms with E-state index in [0.29, 0.717) is 5.56 Å². The number of nitrogens with one attached hydrogen (secondary N) is 1. The zero-order valence-electron chi connectivity index (χ0n) is 14.0. The van der Waals surface area contributed by atoms with Crippen molar-refractivity contribution in [3.05, 3.63) is 64.2 Å². The van der Waals surface area contributed by atoms with Crippen LogP contribution in [0.4, 0.5) is 13.2 Å². The third kappa shape index (κ3) is 5.62. The molecule has 144 valence electrons. The fourth-order valence-electron chi connectivity index (χ4n) is 2.10. The van der Waals surface area contributed by atoms with Crippen molar-refractivity contribution in [1.29, 1.82) is 0 Å². The van der Waals surface area contributed by atoms with Crippen LogP contribution in [-0.2, 0) is 17.6 Å². The largest absolute Gasteiger partial charge is 0.487 e. The van der Waals surface area contributed by atoms with Gasteiger partial charge in [0.15, 0.2) is 0 Å². The normalized spacial score (nSPS) is 12.3. The Hall–Kier alpha value is -2.74. The molecular formula is C18H15ClF3NO4. The highest BCUT2D eigenvalue weighted by atomic mass is 35.5. The van der Waals surface area contributed by atoms with Gasteiger partial charge in [0.1, 0.15) is 18.4 Å². The second-order valence-corrected chi connectivity index (χ2v) is 6.07. The Balaban J connectivity index is 2.07. The molecule has 0 aliphatic carbocycles. The first-order valence-corrected chi connectivity index (χ1v) is 8.08. The van der Waals surface area contributed by atoms with E-state index in [1.807, 2.05) is 0 Å². The molecule has 2 aromatic carbocycles. The average molecular weight is 402 g/mol. The summed E-state index contributed by atoms with van der Waals surface area (Å²) >= 11 is 5.83. The van der Waals surface area contributed by atoms with Gasteiger partial charge in [0.2, 0.25) is 0 Å². The summed E-state index contributed by atoms with van der Waals surface area (Å²) in [5.41, 5.74) is -0.102. The van der Waals surface area contributed by atoms with Crippen LogP contribution in [0.25, 0.3) is 0 Å². The van der Waals surface area contributed by atoms with E-state index < -0.39 is 29.7 Å². The Labute approximate surface area is 157 Å². The summed E-state index contributed by atoms with van der Waals surface area (Å²) in [6.45, 7) is 1.29. The second kappa shape index (κ2) is 8.30. The van der Waals surface area contributed by atoms with Crippen LogP contribution in [0, 0.1) is 0 Å². The monoisotopic (exact) mass is 401 g/mol. The zero-order chi connectivity index (χ0) is 20.2. The third-order valence-electron chi connectivity index (χ3n) is 3.56. The van der Waals surface area contributed by atoms with Crippen LogP contribution in [0.5, 0.6) is 5.75 Å². The first-order chi connectivity index (χ1) is 12.6. The summed E-state index contributed by atoms with van der Waals surface area (Å²) in [7, 11) is 0. The maximum Gasteiger partial charge on any atom is 0.416 e. The first kappa shape index (κ1) is 20.6. The molecule has 0 aliphatic rings. The molecule has 1 amide bonds. The van der Waals surface area contributed by atoms with Gasteiger partial charge in [-0.25, -0.2) is 0 Å². The number of hydrogen-bond donors (Lipinski definition) is 2. The lowest BCUT2D eigenvalue weighted by Gasteiger charge is -2.12. The molecule has 0 heterocycles. The molecule has 0 aromatic heterocycles. The molecule has 0 saturated carbocycles. The third-order valence-corrected chi connectivity index (χ3v) is 3.86. The van der Waals surface area contributed by atoms with Crippen molar-refractivity contribution in [1.82, 2.24) is 5.32 Å². The molecule has 9 heteroatoms. The minimum atomic E-state index is -4.50. The van der Waals surface area contributed by atoms with E-state index in [1.54, 1.807) is 12.1 Å². The number of carbonyl (C=O) groups is 2. The number of benzene rings is 2. The van der Waals surface area contributed by atoms with Crippen LogP contribution in [0.3, 0.4) is 0 Å². The van der Waals surface area contributed by atoms with Crippen molar-refractivity contribution >= 4 is 23.5 Å². The Kier molecular flexibility index (Phi) is 6.32.